The lowest BCUT2D eigenvalue weighted by Crippen LogP contribution is -1.74. The Morgan fingerprint density at radius 2 is 1.41 bits per heavy atom. The topological polar surface area (TPSA) is 0 Å². The zero-order chi connectivity index (χ0) is 11.9. The van der Waals surface area contributed by atoms with Gasteiger partial charge in [-0.1, -0.05) is 84.4 Å². The number of allylic oxidation sites excluding steroid dienone is 2. The molecule has 0 amide bonds. The van der Waals surface area contributed by atoms with Gasteiger partial charge >= 0.3 is 0 Å². The fourth-order valence-corrected chi connectivity index (χ4v) is 1.70. The Labute approximate surface area is 107 Å². The molecule has 0 fully saturated rings. The molecule has 0 aliphatic rings. The fourth-order valence-electron chi connectivity index (χ4n) is 1.50. The molecule has 0 radical (unpaired) electrons. The highest BCUT2D eigenvalue weighted by Gasteiger charge is 1.93. The van der Waals surface area contributed by atoms with Gasteiger partial charge in [-0.25, -0.2) is 0 Å². The molecule has 0 bridgehead atoms. The smallest absolute Gasteiger partial charge is 0.0478 e. The number of hydrogen-bond donors (Lipinski definition) is 0. The van der Waals surface area contributed by atoms with E-state index < -0.39 is 0 Å². The summed E-state index contributed by atoms with van der Waals surface area (Å²) in [5.41, 5.74) is 2.20. The van der Waals surface area contributed by atoms with E-state index in [9.17, 15) is 0 Å². The van der Waals surface area contributed by atoms with Gasteiger partial charge in [-0.15, -0.1) is 0 Å². The Morgan fingerprint density at radius 1 is 0.824 bits per heavy atom. The molecule has 0 aliphatic carbocycles. The molecule has 1 heteroatoms. The van der Waals surface area contributed by atoms with Crippen LogP contribution in [-0.4, -0.2) is 0 Å². The Balaban J connectivity index is 2.09. The zero-order valence-electron chi connectivity index (χ0n) is 9.38. The largest absolute Gasteiger partial charge is 0.0837 e. The van der Waals surface area contributed by atoms with E-state index in [2.05, 4.69) is 12.1 Å². The van der Waals surface area contributed by atoms with E-state index >= 15 is 0 Å². The van der Waals surface area contributed by atoms with Crippen LogP contribution in [0.5, 0.6) is 0 Å². The Morgan fingerprint density at radius 3 is 2.06 bits per heavy atom. The summed E-state index contributed by atoms with van der Waals surface area (Å²) < 4.78 is 0. The summed E-state index contributed by atoms with van der Waals surface area (Å²) >= 11 is 6.18. The molecular weight excluding hydrogens is 228 g/mol. The third-order valence-corrected chi connectivity index (χ3v) is 2.72. The first-order chi connectivity index (χ1) is 8.36. The van der Waals surface area contributed by atoms with E-state index in [0.717, 1.165) is 10.6 Å². The SMILES string of the molecule is Cl/C(=C/C=C/c1ccccc1)c1ccccc1. The minimum absolute atomic E-state index is 0.748. The predicted molar refractivity (Wildman–Crippen MR) is 75.7 cm³/mol. The predicted octanol–water partition coefficient (Wildman–Crippen LogP) is 4.98. The minimum atomic E-state index is 0.748. The van der Waals surface area contributed by atoms with Crippen molar-refractivity contribution < 1.29 is 0 Å². The van der Waals surface area contributed by atoms with Crippen LogP contribution in [0.2, 0.25) is 0 Å². The van der Waals surface area contributed by atoms with E-state index in [1.165, 1.54) is 5.56 Å². The van der Waals surface area contributed by atoms with Crippen molar-refractivity contribution in [1.29, 1.82) is 0 Å². The summed E-state index contributed by atoms with van der Waals surface area (Å²) in [6, 6.07) is 20.1. The summed E-state index contributed by atoms with van der Waals surface area (Å²) in [5, 5.41) is 0.748. The van der Waals surface area contributed by atoms with Crippen molar-refractivity contribution >= 4 is 22.7 Å². The van der Waals surface area contributed by atoms with Gasteiger partial charge in [-0.05, 0) is 17.2 Å². The maximum Gasteiger partial charge on any atom is 0.0478 e. The van der Waals surface area contributed by atoms with Gasteiger partial charge in [0.1, 0.15) is 0 Å². The highest BCUT2D eigenvalue weighted by Crippen LogP contribution is 2.18. The first-order valence-corrected chi connectivity index (χ1v) is 5.88. The second-order valence-electron chi connectivity index (χ2n) is 3.65. The normalized spacial score (nSPS) is 11.9. The summed E-state index contributed by atoms with van der Waals surface area (Å²) in [7, 11) is 0. The zero-order valence-corrected chi connectivity index (χ0v) is 10.1. The third-order valence-electron chi connectivity index (χ3n) is 2.38. The van der Waals surface area contributed by atoms with E-state index in [0.29, 0.717) is 0 Å². The van der Waals surface area contributed by atoms with Crippen LogP contribution in [0.25, 0.3) is 11.1 Å². The molecule has 84 valence electrons. The molecule has 0 spiro atoms. The van der Waals surface area contributed by atoms with Gasteiger partial charge in [0.2, 0.25) is 0 Å². The fraction of sp³-hybridized carbons (Fsp3) is 0. The monoisotopic (exact) mass is 240 g/mol. The van der Waals surface area contributed by atoms with Gasteiger partial charge in [0.25, 0.3) is 0 Å². The van der Waals surface area contributed by atoms with Crippen LogP contribution < -0.4 is 0 Å². The minimum Gasteiger partial charge on any atom is -0.0837 e. The summed E-state index contributed by atoms with van der Waals surface area (Å²) in [4.78, 5) is 0. The number of halogens is 1. The molecule has 2 aromatic carbocycles. The molecule has 0 unspecified atom stereocenters. The Bertz CT molecular complexity index is 510. The highest BCUT2D eigenvalue weighted by atomic mass is 35.5. The van der Waals surface area contributed by atoms with Gasteiger partial charge in [-0.3, -0.25) is 0 Å². The van der Waals surface area contributed by atoms with Crippen LogP contribution >= 0.6 is 11.6 Å². The van der Waals surface area contributed by atoms with Crippen LogP contribution in [0.4, 0.5) is 0 Å². The van der Waals surface area contributed by atoms with Gasteiger partial charge in [0.15, 0.2) is 0 Å². The Kier molecular flexibility index (Phi) is 4.17. The van der Waals surface area contributed by atoms with E-state index in [4.69, 9.17) is 11.6 Å². The molecule has 0 atom stereocenters. The average Bonchev–Trinajstić information content (AvgIpc) is 2.41. The molecule has 0 saturated heterocycles. The van der Waals surface area contributed by atoms with Crippen LogP contribution in [0.1, 0.15) is 11.1 Å². The molecule has 2 rings (SSSR count). The lowest BCUT2D eigenvalue weighted by molar-refractivity contribution is 1.64. The molecule has 0 aliphatic heterocycles. The molecule has 2 aromatic rings. The molecular formula is C16H13Cl. The second kappa shape index (κ2) is 6.07. The van der Waals surface area contributed by atoms with Crippen LogP contribution in [-0.2, 0) is 0 Å². The van der Waals surface area contributed by atoms with Crippen molar-refractivity contribution in [2.24, 2.45) is 0 Å². The van der Waals surface area contributed by atoms with Crippen molar-refractivity contribution in [3.8, 4) is 0 Å². The molecule has 0 N–H and O–H groups in total. The first-order valence-electron chi connectivity index (χ1n) is 5.50. The molecule has 17 heavy (non-hydrogen) atoms. The molecule has 0 heterocycles. The maximum absolute atomic E-state index is 6.18. The summed E-state index contributed by atoms with van der Waals surface area (Å²) in [6.45, 7) is 0. The quantitative estimate of drug-likeness (QED) is 0.664. The van der Waals surface area contributed by atoms with E-state index in [-0.39, 0.29) is 0 Å². The van der Waals surface area contributed by atoms with Crippen molar-refractivity contribution in [2.75, 3.05) is 0 Å². The third kappa shape index (κ3) is 3.61. The molecule has 0 aromatic heterocycles. The van der Waals surface area contributed by atoms with E-state index in [1.54, 1.807) is 0 Å². The number of rotatable bonds is 3. The summed E-state index contributed by atoms with van der Waals surface area (Å²) in [6.07, 6.45) is 5.90. The standard InChI is InChI=1S/C16H13Cl/c17-16(15-11-5-2-6-12-15)13-7-10-14-8-3-1-4-9-14/h1-13H/b10-7+,16-13+. The molecule has 0 nitrogen and oxygen atoms in total. The van der Waals surface area contributed by atoms with Crippen LogP contribution in [0.15, 0.2) is 72.8 Å². The van der Waals surface area contributed by atoms with Gasteiger partial charge in [0, 0.05) is 5.03 Å². The van der Waals surface area contributed by atoms with Gasteiger partial charge in [0.05, 0.1) is 0 Å². The maximum atomic E-state index is 6.18. The van der Waals surface area contributed by atoms with Gasteiger partial charge in [-0.2, -0.15) is 0 Å². The number of benzene rings is 2. The van der Waals surface area contributed by atoms with Crippen molar-refractivity contribution in [1.82, 2.24) is 0 Å². The second-order valence-corrected chi connectivity index (χ2v) is 4.06. The number of hydrogen-bond acceptors (Lipinski definition) is 0. The van der Waals surface area contributed by atoms with Crippen molar-refractivity contribution in [2.45, 2.75) is 0 Å². The van der Waals surface area contributed by atoms with Crippen molar-refractivity contribution in [3.05, 3.63) is 83.9 Å². The lowest BCUT2D eigenvalue weighted by atomic mass is 10.2. The van der Waals surface area contributed by atoms with E-state index in [1.807, 2.05) is 66.8 Å². The molecule has 0 saturated carbocycles. The average molecular weight is 241 g/mol. The van der Waals surface area contributed by atoms with Crippen LogP contribution in [0, 0.1) is 0 Å². The highest BCUT2D eigenvalue weighted by molar-refractivity contribution is 6.48. The van der Waals surface area contributed by atoms with Crippen LogP contribution in [0.3, 0.4) is 0 Å². The first kappa shape index (κ1) is 11.7. The lowest BCUT2D eigenvalue weighted by Gasteiger charge is -1.96. The Hall–Kier alpha value is -1.79. The van der Waals surface area contributed by atoms with Gasteiger partial charge < -0.3 is 0 Å². The summed E-state index contributed by atoms with van der Waals surface area (Å²) in [5.74, 6) is 0. The van der Waals surface area contributed by atoms with Crippen molar-refractivity contribution in [3.63, 3.8) is 0 Å².